The second-order valence-corrected chi connectivity index (χ2v) is 6.05. The van der Waals surface area contributed by atoms with E-state index in [2.05, 4.69) is 23.3 Å². The first-order valence-electron chi connectivity index (χ1n) is 8.24. The Balaban J connectivity index is 0.00000243. The minimum atomic E-state index is -0.639. The van der Waals surface area contributed by atoms with Gasteiger partial charge in [0.15, 0.2) is 0 Å². The smallest absolute Gasteiger partial charge is 0.246 e. The molecule has 2 unspecified atom stereocenters. The van der Waals surface area contributed by atoms with Crippen LogP contribution < -0.4 is 28.5 Å². The molecule has 3 aromatic rings. The lowest BCUT2D eigenvalue weighted by Crippen LogP contribution is -3.00. The van der Waals surface area contributed by atoms with E-state index in [1.165, 1.54) is 5.56 Å². The van der Waals surface area contributed by atoms with Gasteiger partial charge in [0.1, 0.15) is 25.0 Å². The highest BCUT2D eigenvalue weighted by Crippen LogP contribution is 2.16. The Morgan fingerprint density at radius 3 is 2.65 bits per heavy atom. The van der Waals surface area contributed by atoms with Gasteiger partial charge in [0.05, 0.1) is 19.1 Å². The summed E-state index contributed by atoms with van der Waals surface area (Å²) in [6, 6.07) is 10.1. The molecule has 3 rings (SSSR count). The molecule has 0 aliphatic rings. The molecule has 2 aromatic heterocycles. The van der Waals surface area contributed by atoms with Crippen LogP contribution in [0.25, 0.3) is 6.08 Å². The zero-order chi connectivity index (χ0) is 17.6. The van der Waals surface area contributed by atoms with Crippen molar-refractivity contribution in [3.63, 3.8) is 0 Å². The number of rotatable bonds is 8. The summed E-state index contributed by atoms with van der Waals surface area (Å²) in [4.78, 5) is 0. The molecule has 0 fully saturated rings. The van der Waals surface area contributed by atoms with Gasteiger partial charge in [0.2, 0.25) is 12.6 Å². The third-order valence-electron chi connectivity index (χ3n) is 4.00. The largest absolute Gasteiger partial charge is 1.00 e. The number of aliphatic hydroxyl groups excluding tert-OH is 1. The average molecular weight is 466 g/mol. The van der Waals surface area contributed by atoms with E-state index >= 15 is 0 Å². The Hall–Kier alpha value is -1.90. The summed E-state index contributed by atoms with van der Waals surface area (Å²) in [5.41, 5.74) is 3.24. The van der Waals surface area contributed by atoms with Crippen LogP contribution in [0.4, 0.5) is 0 Å². The molecule has 0 radical (unpaired) electrons. The quantitative estimate of drug-likeness (QED) is 0.380. The molecule has 0 saturated carbocycles. The molecular weight excluding hydrogens is 443 g/mol. The first-order valence-corrected chi connectivity index (χ1v) is 8.24. The second-order valence-electron chi connectivity index (χ2n) is 6.05. The fraction of sp³-hybridized carbons (Fsp3) is 0.250. The lowest BCUT2D eigenvalue weighted by Gasteiger charge is -2.16. The van der Waals surface area contributed by atoms with Gasteiger partial charge in [-0.2, -0.15) is 0 Å². The van der Waals surface area contributed by atoms with Crippen LogP contribution in [-0.4, -0.2) is 15.8 Å². The lowest BCUT2D eigenvalue weighted by molar-refractivity contribution is -0.688. The Morgan fingerprint density at radius 1 is 1.27 bits per heavy atom. The van der Waals surface area contributed by atoms with Crippen molar-refractivity contribution in [2.24, 2.45) is 0 Å². The normalized spacial score (nSPS) is 13.0. The second kappa shape index (κ2) is 9.70. The third kappa shape index (κ3) is 5.30. The van der Waals surface area contributed by atoms with E-state index in [0.717, 1.165) is 17.7 Å². The van der Waals surface area contributed by atoms with Crippen LogP contribution in [0, 0.1) is 0 Å². The SMILES string of the molecule is C=Cc1ccc(C[n+]2ccn(C(OCc3ccoc3)C(C)O)c2)cc1.[I-]. The minimum absolute atomic E-state index is 0. The van der Waals surface area contributed by atoms with Crippen molar-refractivity contribution in [2.75, 3.05) is 0 Å². The van der Waals surface area contributed by atoms with Crippen molar-refractivity contribution in [3.05, 3.63) is 84.8 Å². The number of hydrogen-bond acceptors (Lipinski definition) is 3. The highest BCUT2D eigenvalue weighted by Gasteiger charge is 2.23. The van der Waals surface area contributed by atoms with E-state index in [0.29, 0.717) is 6.61 Å². The average Bonchev–Trinajstić information content (AvgIpc) is 3.28. The van der Waals surface area contributed by atoms with Crippen molar-refractivity contribution in [1.82, 2.24) is 4.57 Å². The van der Waals surface area contributed by atoms with E-state index in [1.807, 2.05) is 47.6 Å². The van der Waals surface area contributed by atoms with E-state index < -0.39 is 12.3 Å². The number of benzene rings is 1. The minimum Gasteiger partial charge on any atom is -1.00 e. The van der Waals surface area contributed by atoms with Gasteiger partial charge in [-0.15, -0.1) is 0 Å². The van der Waals surface area contributed by atoms with Gasteiger partial charge in [-0.3, -0.25) is 0 Å². The molecule has 0 aliphatic heterocycles. The molecule has 1 aromatic carbocycles. The number of furan rings is 1. The summed E-state index contributed by atoms with van der Waals surface area (Å²) in [5, 5.41) is 10.1. The van der Waals surface area contributed by atoms with Crippen LogP contribution in [0.2, 0.25) is 0 Å². The molecule has 0 saturated heterocycles. The van der Waals surface area contributed by atoms with Gasteiger partial charge in [0, 0.05) is 5.56 Å². The van der Waals surface area contributed by atoms with Gasteiger partial charge in [-0.05, 0) is 24.1 Å². The predicted octanol–water partition coefficient (Wildman–Crippen LogP) is 0.160. The summed E-state index contributed by atoms with van der Waals surface area (Å²) in [5.74, 6) is 0. The lowest BCUT2D eigenvalue weighted by atomic mass is 10.1. The van der Waals surface area contributed by atoms with Gasteiger partial charge in [-0.25, -0.2) is 9.13 Å². The molecule has 0 bridgehead atoms. The van der Waals surface area contributed by atoms with E-state index in [-0.39, 0.29) is 24.0 Å². The first kappa shape index (κ1) is 20.4. The van der Waals surface area contributed by atoms with Crippen molar-refractivity contribution < 1.29 is 42.8 Å². The molecular formula is C20H23IN2O3. The van der Waals surface area contributed by atoms with Crippen LogP contribution in [0.15, 0.2) is 72.6 Å². The topological polar surface area (TPSA) is 51.4 Å². The monoisotopic (exact) mass is 466 g/mol. The number of hydrogen-bond donors (Lipinski definition) is 1. The zero-order valence-corrected chi connectivity index (χ0v) is 16.8. The molecule has 5 nitrogen and oxygen atoms in total. The van der Waals surface area contributed by atoms with Gasteiger partial charge in [-0.1, -0.05) is 36.9 Å². The van der Waals surface area contributed by atoms with E-state index in [9.17, 15) is 5.11 Å². The van der Waals surface area contributed by atoms with Gasteiger partial charge >= 0.3 is 0 Å². The Morgan fingerprint density at radius 2 is 2.04 bits per heavy atom. The summed E-state index contributed by atoms with van der Waals surface area (Å²) in [7, 11) is 0. The van der Waals surface area contributed by atoms with Crippen molar-refractivity contribution >= 4 is 6.08 Å². The molecule has 138 valence electrons. The van der Waals surface area contributed by atoms with Crippen LogP contribution in [0.5, 0.6) is 0 Å². The van der Waals surface area contributed by atoms with E-state index in [1.54, 1.807) is 19.5 Å². The van der Waals surface area contributed by atoms with Crippen LogP contribution in [0.3, 0.4) is 0 Å². The maximum atomic E-state index is 10.1. The molecule has 0 spiro atoms. The number of aliphatic hydroxyl groups is 1. The number of aromatic nitrogens is 2. The molecule has 0 amide bonds. The maximum Gasteiger partial charge on any atom is 0.246 e. The van der Waals surface area contributed by atoms with Crippen LogP contribution in [-0.2, 0) is 17.9 Å². The van der Waals surface area contributed by atoms with Crippen molar-refractivity contribution in [3.8, 4) is 0 Å². The number of nitrogens with zero attached hydrogens (tertiary/aromatic N) is 2. The summed E-state index contributed by atoms with van der Waals surface area (Å²) < 4.78 is 14.8. The molecule has 0 aliphatic carbocycles. The number of imidazole rings is 1. The van der Waals surface area contributed by atoms with Crippen molar-refractivity contribution in [1.29, 1.82) is 0 Å². The Labute approximate surface area is 170 Å². The third-order valence-corrected chi connectivity index (χ3v) is 4.00. The first-order chi connectivity index (χ1) is 12.2. The summed E-state index contributed by atoms with van der Waals surface area (Å²) in [6.45, 7) is 6.62. The molecule has 2 heterocycles. The van der Waals surface area contributed by atoms with Crippen LogP contribution >= 0.6 is 0 Å². The molecule has 6 heteroatoms. The number of halogens is 1. The highest BCUT2D eigenvalue weighted by atomic mass is 127. The Kier molecular flexibility index (Phi) is 7.62. The molecule has 26 heavy (non-hydrogen) atoms. The fourth-order valence-corrected chi connectivity index (χ4v) is 2.66. The maximum absolute atomic E-state index is 10.1. The van der Waals surface area contributed by atoms with Crippen LogP contribution in [0.1, 0.15) is 29.8 Å². The summed E-state index contributed by atoms with van der Waals surface area (Å²) in [6.07, 6.45) is 9.80. The molecule has 1 N–H and O–H groups in total. The van der Waals surface area contributed by atoms with Gasteiger partial charge < -0.3 is 38.2 Å². The molecule has 2 atom stereocenters. The van der Waals surface area contributed by atoms with Gasteiger partial charge in [0.25, 0.3) is 0 Å². The van der Waals surface area contributed by atoms with Crippen molar-refractivity contribution in [2.45, 2.75) is 32.4 Å². The number of ether oxygens (including phenoxy) is 1. The fourth-order valence-electron chi connectivity index (χ4n) is 2.66. The zero-order valence-electron chi connectivity index (χ0n) is 14.7. The summed E-state index contributed by atoms with van der Waals surface area (Å²) >= 11 is 0. The Bertz CT molecular complexity index is 795. The predicted molar refractivity (Wildman–Crippen MR) is 94.5 cm³/mol. The standard InChI is InChI=1S/C20H23N2O3.HI/c1-3-17-4-6-18(7-5-17)12-21-9-10-22(15-21)20(16(2)23)25-14-19-8-11-24-13-19;/h3-11,13,15-16,20,23H,1,12,14H2,2H3;1H/q+1;/p-1. The highest BCUT2D eigenvalue weighted by molar-refractivity contribution is 5.47. The van der Waals surface area contributed by atoms with E-state index in [4.69, 9.17) is 9.15 Å².